The van der Waals surface area contributed by atoms with E-state index in [0.29, 0.717) is 0 Å². The van der Waals surface area contributed by atoms with Crippen molar-refractivity contribution in [2.45, 2.75) is 6.10 Å². The number of nitrogens with zero attached hydrogens (tertiary/aromatic N) is 2. The number of fused-ring (bicyclic) bond motifs is 1. The van der Waals surface area contributed by atoms with Crippen molar-refractivity contribution >= 4 is 28.2 Å². The van der Waals surface area contributed by atoms with Gasteiger partial charge in [0.05, 0.1) is 28.7 Å². The number of aromatic nitrogens is 2. The van der Waals surface area contributed by atoms with Gasteiger partial charge in [-0.25, -0.2) is 4.98 Å². The fourth-order valence-electron chi connectivity index (χ4n) is 1.70. The molecule has 1 amide bonds. The van der Waals surface area contributed by atoms with Gasteiger partial charge in [-0.05, 0) is 6.07 Å². The molecule has 1 aromatic heterocycles. The second-order valence-electron chi connectivity index (χ2n) is 4.17. The summed E-state index contributed by atoms with van der Waals surface area (Å²) < 4.78 is 0. The van der Waals surface area contributed by atoms with Crippen molar-refractivity contribution in [2.24, 2.45) is 5.73 Å². The topological polar surface area (TPSA) is 164 Å². The van der Waals surface area contributed by atoms with Crippen molar-refractivity contribution in [1.29, 1.82) is 0 Å². The van der Waals surface area contributed by atoms with E-state index in [0.717, 1.165) is 6.07 Å². The van der Waals surface area contributed by atoms with Gasteiger partial charge in [-0.15, -0.1) is 0 Å². The Morgan fingerprint density at radius 3 is 2.90 bits per heavy atom. The molecule has 0 aliphatic heterocycles. The van der Waals surface area contributed by atoms with E-state index in [9.17, 15) is 24.8 Å². The lowest BCUT2D eigenvalue weighted by Crippen LogP contribution is -2.34. The molecule has 0 spiro atoms. The number of nitro benzene ring substituents is 1. The number of hydrogen-bond acceptors (Lipinski definition) is 7. The van der Waals surface area contributed by atoms with E-state index in [2.05, 4.69) is 15.3 Å². The highest BCUT2D eigenvalue weighted by Gasteiger charge is 2.19. The number of benzene rings is 1. The smallest absolute Gasteiger partial charge is 0.293 e. The van der Waals surface area contributed by atoms with Crippen LogP contribution in [0.4, 0.5) is 11.4 Å². The van der Waals surface area contributed by atoms with Gasteiger partial charge in [0.15, 0.2) is 0 Å². The molecule has 2 rings (SSSR count). The molecule has 1 aromatic carbocycles. The Bertz CT molecular complexity index is 771. The van der Waals surface area contributed by atoms with Crippen molar-refractivity contribution in [1.82, 2.24) is 9.97 Å². The molecule has 0 bridgehead atoms. The minimum absolute atomic E-state index is 0.0194. The highest BCUT2D eigenvalue weighted by molar-refractivity contribution is 5.87. The predicted molar refractivity (Wildman–Crippen MR) is 72.7 cm³/mol. The SMILES string of the molecule is NC(=O)C(O)CNc1cc2nc[nH]c(=O)c2cc1[N+](=O)[O-]. The summed E-state index contributed by atoms with van der Waals surface area (Å²) in [5.41, 5.74) is 4.26. The maximum Gasteiger partial charge on any atom is 0.293 e. The predicted octanol–water partition coefficient (Wildman–Crippen LogP) is -0.911. The molecule has 1 unspecified atom stereocenters. The molecule has 0 saturated heterocycles. The molecule has 0 aliphatic rings. The summed E-state index contributed by atoms with van der Waals surface area (Å²) >= 11 is 0. The molecule has 10 heteroatoms. The summed E-state index contributed by atoms with van der Waals surface area (Å²) in [4.78, 5) is 38.9. The van der Waals surface area contributed by atoms with Gasteiger partial charge in [0.25, 0.3) is 11.2 Å². The Morgan fingerprint density at radius 2 is 2.29 bits per heavy atom. The van der Waals surface area contributed by atoms with Crippen molar-refractivity contribution < 1.29 is 14.8 Å². The van der Waals surface area contributed by atoms with Crippen LogP contribution in [0.3, 0.4) is 0 Å². The maximum absolute atomic E-state index is 11.6. The minimum Gasteiger partial charge on any atom is -0.381 e. The van der Waals surface area contributed by atoms with Crippen LogP contribution in [-0.4, -0.2) is 38.6 Å². The van der Waals surface area contributed by atoms with E-state index >= 15 is 0 Å². The monoisotopic (exact) mass is 293 g/mol. The van der Waals surface area contributed by atoms with Crippen LogP contribution in [0, 0.1) is 10.1 Å². The van der Waals surface area contributed by atoms with Crippen molar-refractivity contribution in [3.8, 4) is 0 Å². The molecule has 0 radical (unpaired) electrons. The van der Waals surface area contributed by atoms with Gasteiger partial charge in [0.1, 0.15) is 11.8 Å². The first-order chi connectivity index (χ1) is 9.90. The van der Waals surface area contributed by atoms with Crippen LogP contribution < -0.4 is 16.6 Å². The molecule has 2 aromatic rings. The van der Waals surface area contributed by atoms with E-state index < -0.39 is 22.5 Å². The van der Waals surface area contributed by atoms with E-state index in [1.807, 2.05) is 0 Å². The zero-order chi connectivity index (χ0) is 15.6. The van der Waals surface area contributed by atoms with Crippen LogP contribution in [0.2, 0.25) is 0 Å². The van der Waals surface area contributed by atoms with Crippen LogP contribution >= 0.6 is 0 Å². The van der Waals surface area contributed by atoms with Gasteiger partial charge in [-0.2, -0.15) is 0 Å². The highest BCUT2D eigenvalue weighted by atomic mass is 16.6. The van der Waals surface area contributed by atoms with Gasteiger partial charge < -0.3 is 21.1 Å². The zero-order valence-electron chi connectivity index (χ0n) is 10.6. The first kappa shape index (κ1) is 14.4. The van der Waals surface area contributed by atoms with Crippen LogP contribution in [0.15, 0.2) is 23.3 Å². The number of amides is 1. The largest absolute Gasteiger partial charge is 0.381 e. The number of H-pyrrole nitrogens is 1. The molecule has 110 valence electrons. The lowest BCUT2D eigenvalue weighted by atomic mass is 10.2. The Hall–Kier alpha value is -3.01. The number of hydrogen-bond donors (Lipinski definition) is 4. The standard InChI is InChI=1S/C11H11N5O5/c12-10(18)9(17)3-13-7-2-6-5(1-8(7)16(20)21)11(19)15-4-14-6/h1-2,4,9,13,17H,3H2,(H2,12,18)(H,14,15,19). The number of carbonyl (C=O) groups excluding carboxylic acids is 1. The zero-order valence-corrected chi connectivity index (χ0v) is 10.6. The quantitative estimate of drug-likeness (QED) is 0.409. The lowest BCUT2D eigenvalue weighted by molar-refractivity contribution is -0.383. The molecule has 0 saturated carbocycles. The maximum atomic E-state index is 11.6. The van der Waals surface area contributed by atoms with Crippen molar-refractivity contribution in [3.63, 3.8) is 0 Å². The molecular weight excluding hydrogens is 282 g/mol. The summed E-state index contributed by atoms with van der Waals surface area (Å²) in [5, 5.41) is 22.9. The third-order valence-corrected chi connectivity index (χ3v) is 2.77. The number of rotatable bonds is 5. The molecule has 0 fully saturated rings. The molecule has 0 aliphatic carbocycles. The number of aliphatic hydroxyl groups excluding tert-OH is 1. The number of anilines is 1. The first-order valence-corrected chi connectivity index (χ1v) is 5.77. The number of aromatic amines is 1. The highest BCUT2D eigenvalue weighted by Crippen LogP contribution is 2.27. The fourth-order valence-corrected chi connectivity index (χ4v) is 1.70. The van der Waals surface area contributed by atoms with Gasteiger partial charge in [-0.1, -0.05) is 0 Å². The summed E-state index contributed by atoms with van der Waals surface area (Å²) in [6.45, 7) is -0.301. The Morgan fingerprint density at radius 1 is 1.57 bits per heavy atom. The van der Waals surface area contributed by atoms with E-state index in [1.165, 1.54) is 12.4 Å². The van der Waals surface area contributed by atoms with Crippen molar-refractivity contribution in [2.75, 3.05) is 11.9 Å². The molecule has 1 atom stereocenters. The van der Waals surface area contributed by atoms with Crippen LogP contribution in [-0.2, 0) is 4.79 Å². The van der Waals surface area contributed by atoms with Gasteiger partial charge >= 0.3 is 0 Å². The number of nitro groups is 1. The Balaban J connectivity index is 2.46. The van der Waals surface area contributed by atoms with E-state index in [4.69, 9.17) is 5.73 Å². The number of primary amides is 1. The number of nitrogens with one attached hydrogen (secondary N) is 2. The first-order valence-electron chi connectivity index (χ1n) is 5.77. The molecular formula is C11H11N5O5. The lowest BCUT2D eigenvalue weighted by Gasteiger charge is -2.10. The van der Waals surface area contributed by atoms with Gasteiger partial charge in [0, 0.05) is 6.07 Å². The normalized spacial score (nSPS) is 12.0. The molecule has 5 N–H and O–H groups in total. The minimum atomic E-state index is -1.49. The summed E-state index contributed by atoms with van der Waals surface area (Å²) in [7, 11) is 0. The van der Waals surface area contributed by atoms with Crippen LogP contribution in [0.5, 0.6) is 0 Å². The average Bonchev–Trinajstić information content (AvgIpc) is 2.43. The summed E-state index contributed by atoms with van der Waals surface area (Å²) in [5.74, 6) is -0.958. The average molecular weight is 293 g/mol. The number of carbonyl (C=O) groups is 1. The van der Waals surface area contributed by atoms with E-state index in [-0.39, 0.29) is 28.8 Å². The summed E-state index contributed by atoms with van der Waals surface area (Å²) in [6, 6.07) is 2.36. The van der Waals surface area contributed by atoms with Gasteiger partial charge in [-0.3, -0.25) is 19.7 Å². The van der Waals surface area contributed by atoms with Gasteiger partial charge in [0.2, 0.25) is 5.91 Å². The van der Waals surface area contributed by atoms with E-state index in [1.54, 1.807) is 0 Å². The fraction of sp³-hybridized carbons (Fsp3) is 0.182. The second kappa shape index (κ2) is 5.54. The second-order valence-corrected chi connectivity index (χ2v) is 4.17. The Kier molecular flexibility index (Phi) is 3.80. The molecule has 1 heterocycles. The number of nitrogens with two attached hydrogens (primary N) is 1. The van der Waals surface area contributed by atoms with Crippen LogP contribution in [0.25, 0.3) is 10.9 Å². The Labute approximate surface area is 116 Å². The molecule has 21 heavy (non-hydrogen) atoms. The third kappa shape index (κ3) is 2.95. The third-order valence-electron chi connectivity index (χ3n) is 2.77. The van der Waals surface area contributed by atoms with Crippen LogP contribution in [0.1, 0.15) is 0 Å². The molecule has 10 nitrogen and oxygen atoms in total. The summed E-state index contributed by atoms with van der Waals surface area (Å²) in [6.07, 6.45) is -0.328. The van der Waals surface area contributed by atoms with Crippen molar-refractivity contribution in [3.05, 3.63) is 38.9 Å². The number of aliphatic hydroxyl groups is 1.